The van der Waals surface area contributed by atoms with E-state index in [0.717, 1.165) is 21.8 Å². The lowest BCUT2D eigenvalue weighted by Gasteiger charge is -2.03. The molecular formula is C19H14N4O3. The van der Waals surface area contributed by atoms with Gasteiger partial charge in [-0.3, -0.25) is 9.59 Å². The van der Waals surface area contributed by atoms with E-state index in [4.69, 9.17) is 5.11 Å². The molecule has 3 aromatic carbocycles. The SMILES string of the molecule is O=C(O)CNC(=O)c1ccc(-n2nc3ccc4ccccc4c3n2)cc1. The Morgan fingerprint density at radius 2 is 1.73 bits per heavy atom. The lowest BCUT2D eigenvalue weighted by atomic mass is 10.1. The third-order valence-corrected chi connectivity index (χ3v) is 4.04. The fraction of sp³-hybridized carbons (Fsp3) is 0.0526. The normalized spacial score (nSPS) is 10.9. The molecule has 0 saturated heterocycles. The van der Waals surface area contributed by atoms with Crippen LogP contribution in [0.4, 0.5) is 0 Å². The summed E-state index contributed by atoms with van der Waals surface area (Å²) >= 11 is 0. The first-order chi connectivity index (χ1) is 12.6. The molecule has 0 aliphatic heterocycles. The van der Waals surface area contributed by atoms with Gasteiger partial charge in [-0.2, -0.15) is 4.80 Å². The average molecular weight is 346 g/mol. The van der Waals surface area contributed by atoms with E-state index in [0.29, 0.717) is 11.3 Å². The Morgan fingerprint density at radius 3 is 2.50 bits per heavy atom. The van der Waals surface area contributed by atoms with E-state index in [1.54, 1.807) is 24.3 Å². The fourth-order valence-electron chi connectivity index (χ4n) is 2.77. The van der Waals surface area contributed by atoms with E-state index < -0.39 is 18.4 Å². The van der Waals surface area contributed by atoms with Crippen LogP contribution in [0.15, 0.2) is 60.7 Å². The maximum absolute atomic E-state index is 11.9. The Morgan fingerprint density at radius 1 is 0.962 bits per heavy atom. The van der Waals surface area contributed by atoms with Gasteiger partial charge in [0.1, 0.15) is 17.6 Å². The van der Waals surface area contributed by atoms with Crippen LogP contribution in [0.1, 0.15) is 10.4 Å². The molecule has 2 N–H and O–H groups in total. The number of carboxylic acids is 1. The number of amides is 1. The Balaban J connectivity index is 1.66. The minimum absolute atomic E-state index is 0.372. The summed E-state index contributed by atoms with van der Waals surface area (Å²) in [6, 6.07) is 18.6. The van der Waals surface area contributed by atoms with Crippen LogP contribution in [0.2, 0.25) is 0 Å². The summed E-state index contributed by atoms with van der Waals surface area (Å²) in [4.78, 5) is 23.9. The number of carboxylic acid groups (broad SMARTS) is 1. The van der Waals surface area contributed by atoms with Crippen molar-refractivity contribution in [2.24, 2.45) is 0 Å². The molecule has 0 aliphatic carbocycles. The molecule has 0 saturated carbocycles. The topological polar surface area (TPSA) is 97.1 Å². The summed E-state index contributed by atoms with van der Waals surface area (Å²) in [6.07, 6.45) is 0. The van der Waals surface area contributed by atoms with Gasteiger partial charge in [0, 0.05) is 10.9 Å². The molecule has 26 heavy (non-hydrogen) atoms. The minimum atomic E-state index is -1.09. The molecule has 7 heteroatoms. The Bertz CT molecular complexity index is 1130. The standard InChI is InChI=1S/C19H14N4O3/c24-17(25)11-20-19(26)13-5-8-14(9-6-13)23-21-16-10-7-12-3-1-2-4-15(12)18(16)22-23/h1-10H,11H2,(H,20,26)(H,24,25). The van der Waals surface area contributed by atoms with Gasteiger partial charge in [0.2, 0.25) is 0 Å². The van der Waals surface area contributed by atoms with Crippen molar-refractivity contribution in [3.05, 3.63) is 66.2 Å². The molecule has 1 heterocycles. The highest BCUT2D eigenvalue weighted by Crippen LogP contribution is 2.23. The number of carbonyl (C=O) groups is 2. The van der Waals surface area contributed by atoms with Gasteiger partial charge >= 0.3 is 5.97 Å². The first-order valence-corrected chi connectivity index (χ1v) is 7.97. The second-order valence-corrected chi connectivity index (χ2v) is 5.77. The van der Waals surface area contributed by atoms with Crippen LogP contribution < -0.4 is 5.32 Å². The predicted octanol–water partition coefficient (Wildman–Crippen LogP) is 2.39. The van der Waals surface area contributed by atoms with E-state index in [-0.39, 0.29) is 0 Å². The number of fused-ring (bicyclic) bond motifs is 3. The van der Waals surface area contributed by atoms with Gasteiger partial charge in [-0.25, -0.2) is 0 Å². The van der Waals surface area contributed by atoms with Gasteiger partial charge in [0.05, 0.1) is 5.69 Å². The zero-order valence-corrected chi connectivity index (χ0v) is 13.6. The van der Waals surface area contributed by atoms with E-state index in [9.17, 15) is 9.59 Å². The molecule has 0 radical (unpaired) electrons. The smallest absolute Gasteiger partial charge is 0.322 e. The van der Waals surface area contributed by atoms with Crippen molar-refractivity contribution in [2.45, 2.75) is 0 Å². The monoisotopic (exact) mass is 346 g/mol. The van der Waals surface area contributed by atoms with Crippen LogP contribution in [0.3, 0.4) is 0 Å². The van der Waals surface area contributed by atoms with Gasteiger partial charge < -0.3 is 10.4 Å². The molecule has 128 valence electrons. The zero-order valence-electron chi connectivity index (χ0n) is 13.6. The van der Waals surface area contributed by atoms with Crippen molar-refractivity contribution in [2.75, 3.05) is 6.54 Å². The van der Waals surface area contributed by atoms with Gasteiger partial charge in [-0.1, -0.05) is 30.3 Å². The van der Waals surface area contributed by atoms with Gasteiger partial charge in [0.25, 0.3) is 5.91 Å². The van der Waals surface area contributed by atoms with Gasteiger partial charge in [0.15, 0.2) is 0 Å². The van der Waals surface area contributed by atoms with E-state index in [1.165, 1.54) is 4.80 Å². The van der Waals surface area contributed by atoms with E-state index in [1.807, 2.05) is 36.4 Å². The fourth-order valence-corrected chi connectivity index (χ4v) is 2.77. The molecule has 0 bridgehead atoms. The largest absolute Gasteiger partial charge is 0.480 e. The molecule has 7 nitrogen and oxygen atoms in total. The Kier molecular flexibility index (Phi) is 3.81. The summed E-state index contributed by atoms with van der Waals surface area (Å²) in [7, 11) is 0. The Hall–Kier alpha value is -3.74. The van der Waals surface area contributed by atoms with Crippen molar-refractivity contribution in [1.82, 2.24) is 20.3 Å². The molecule has 4 aromatic rings. The summed E-state index contributed by atoms with van der Waals surface area (Å²) in [5, 5.41) is 22.1. The third-order valence-electron chi connectivity index (χ3n) is 4.04. The summed E-state index contributed by atoms with van der Waals surface area (Å²) < 4.78 is 0. The number of hydrogen-bond acceptors (Lipinski definition) is 4. The average Bonchev–Trinajstić information content (AvgIpc) is 3.11. The lowest BCUT2D eigenvalue weighted by molar-refractivity contribution is -0.135. The number of rotatable bonds is 4. The quantitative estimate of drug-likeness (QED) is 0.591. The molecule has 4 rings (SSSR count). The third kappa shape index (κ3) is 2.86. The number of benzene rings is 3. The lowest BCUT2D eigenvalue weighted by Crippen LogP contribution is -2.29. The van der Waals surface area contributed by atoms with Crippen LogP contribution in [0, 0.1) is 0 Å². The molecule has 1 aromatic heterocycles. The highest BCUT2D eigenvalue weighted by atomic mass is 16.4. The predicted molar refractivity (Wildman–Crippen MR) is 96.3 cm³/mol. The highest BCUT2D eigenvalue weighted by Gasteiger charge is 2.10. The van der Waals surface area contributed by atoms with Gasteiger partial charge in [-0.05, 0) is 35.7 Å². The number of nitrogens with zero attached hydrogens (tertiary/aromatic N) is 3. The van der Waals surface area contributed by atoms with Crippen molar-refractivity contribution < 1.29 is 14.7 Å². The maximum atomic E-state index is 11.9. The van der Waals surface area contributed by atoms with Crippen LogP contribution >= 0.6 is 0 Å². The first-order valence-electron chi connectivity index (χ1n) is 7.97. The second kappa shape index (κ2) is 6.29. The van der Waals surface area contributed by atoms with Crippen molar-refractivity contribution >= 4 is 33.7 Å². The first kappa shape index (κ1) is 15.8. The molecule has 0 atom stereocenters. The highest BCUT2D eigenvalue weighted by molar-refractivity contribution is 6.03. The maximum Gasteiger partial charge on any atom is 0.322 e. The van der Waals surface area contributed by atoms with Crippen molar-refractivity contribution in [3.8, 4) is 5.69 Å². The molecule has 0 fully saturated rings. The van der Waals surface area contributed by atoms with E-state index >= 15 is 0 Å². The van der Waals surface area contributed by atoms with Gasteiger partial charge in [-0.15, -0.1) is 10.2 Å². The summed E-state index contributed by atoms with van der Waals surface area (Å²) in [6.45, 7) is -0.417. The molecule has 1 amide bonds. The number of hydrogen-bond donors (Lipinski definition) is 2. The number of aromatic nitrogens is 3. The van der Waals surface area contributed by atoms with Crippen molar-refractivity contribution in [3.63, 3.8) is 0 Å². The summed E-state index contributed by atoms with van der Waals surface area (Å²) in [5.41, 5.74) is 2.68. The number of aliphatic carboxylic acids is 1. The molecule has 0 spiro atoms. The Labute approximate surface area is 147 Å². The number of nitrogens with one attached hydrogen (secondary N) is 1. The molecule has 0 aliphatic rings. The van der Waals surface area contributed by atoms with Crippen LogP contribution in [0.5, 0.6) is 0 Å². The minimum Gasteiger partial charge on any atom is -0.480 e. The molecular weight excluding hydrogens is 332 g/mol. The summed E-state index contributed by atoms with van der Waals surface area (Å²) in [5.74, 6) is -1.53. The van der Waals surface area contributed by atoms with Crippen molar-refractivity contribution in [1.29, 1.82) is 0 Å². The van der Waals surface area contributed by atoms with Crippen LogP contribution in [0.25, 0.3) is 27.5 Å². The zero-order chi connectivity index (χ0) is 18.1. The van der Waals surface area contributed by atoms with Crippen LogP contribution in [-0.2, 0) is 4.79 Å². The van der Waals surface area contributed by atoms with E-state index in [2.05, 4.69) is 15.5 Å². The number of carbonyl (C=O) groups excluding carboxylic acids is 1. The molecule has 0 unspecified atom stereocenters. The van der Waals surface area contributed by atoms with Crippen LogP contribution in [-0.4, -0.2) is 38.5 Å². The second-order valence-electron chi connectivity index (χ2n) is 5.77.